The molecule has 1 aromatic heterocycles. The maximum atomic E-state index is 12.5. The molecule has 0 saturated carbocycles. The van der Waals surface area contributed by atoms with Gasteiger partial charge in [0.15, 0.2) is 0 Å². The smallest absolute Gasteiger partial charge is 0.270 e. The van der Waals surface area contributed by atoms with E-state index in [0.717, 1.165) is 12.8 Å². The van der Waals surface area contributed by atoms with Crippen LogP contribution >= 0.6 is 11.6 Å². The highest BCUT2D eigenvalue weighted by atomic mass is 35.5. The highest BCUT2D eigenvalue weighted by Gasteiger charge is 2.23. The molecule has 1 aromatic carbocycles. The van der Waals surface area contributed by atoms with Gasteiger partial charge in [-0.2, -0.15) is 5.26 Å². The normalized spacial score (nSPS) is 14.3. The number of halogens is 1. The van der Waals surface area contributed by atoms with E-state index in [0.29, 0.717) is 13.1 Å². The van der Waals surface area contributed by atoms with Crippen molar-refractivity contribution in [3.05, 3.63) is 46.7 Å². The van der Waals surface area contributed by atoms with E-state index >= 15 is 0 Å². The highest BCUT2D eigenvalue weighted by molar-refractivity contribution is 7.92. The number of aromatic nitrogens is 1. The molecule has 2 heterocycles. The number of likely N-dealkylation sites (tertiary alicyclic amines) is 1. The van der Waals surface area contributed by atoms with Gasteiger partial charge in [-0.05, 0) is 37.1 Å². The summed E-state index contributed by atoms with van der Waals surface area (Å²) in [5.41, 5.74) is 0.617. The quantitative estimate of drug-likeness (QED) is 0.852. The number of nitrogens with one attached hydrogen (secondary N) is 2. The van der Waals surface area contributed by atoms with Gasteiger partial charge >= 0.3 is 0 Å². The van der Waals surface area contributed by atoms with Crippen molar-refractivity contribution >= 4 is 33.2 Å². The fourth-order valence-electron chi connectivity index (χ4n) is 2.63. The van der Waals surface area contributed by atoms with Crippen LogP contribution in [0.5, 0.6) is 0 Å². The Morgan fingerprint density at radius 1 is 1.28 bits per heavy atom. The van der Waals surface area contributed by atoms with Gasteiger partial charge < -0.3 is 9.88 Å². The molecule has 25 heavy (non-hydrogen) atoms. The van der Waals surface area contributed by atoms with E-state index in [1.165, 1.54) is 30.5 Å². The minimum Gasteiger partial charge on any atom is -0.356 e. The number of H-pyrrole nitrogens is 1. The number of carbonyl (C=O) groups is 1. The number of carbonyl (C=O) groups excluding carboxylic acids is 1. The van der Waals surface area contributed by atoms with Gasteiger partial charge in [-0.15, -0.1) is 0 Å². The molecule has 0 aliphatic carbocycles. The minimum absolute atomic E-state index is 0.0523. The number of amides is 1. The Labute approximate surface area is 150 Å². The summed E-state index contributed by atoms with van der Waals surface area (Å²) in [5.74, 6) is -0.211. The molecule has 9 heteroatoms. The zero-order valence-electron chi connectivity index (χ0n) is 13.1. The van der Waals surface area contributed by atoms with Gasteiger partial charge in [0.05, 0.1) is 16.3 Å². The fourth-order valence-corrected chi connectivity index (χ4v) is 3.83. The maximum absolute atomic E-state index is 12.5. The molecule has 1 saturated heterocycles. The number of anilines is 1. The molecule has 0 bridgehead atoms. The third-order valence-electron chi connectivity index (χ3n) is 3.93. The Balaban J connectivity index is 1.81. The third kappa shape index (κ3) is 3.62. The van der Waals surface area contributed by atoms with Crippen LogP contribution in [0.25, 0.3) is 0 Å². The molecule has 1 amide bonds. The molecule has 0 unspecified atom stereocenters. The molecular weight excluding hydrogens is 364 g/mol. The van der Waals surface area contributed by atoms with E-state index in [9.17, 15) is 13.2 Å². The minimum atomic E-state index is -3.89. The Kier molecular flexibility index (Phi) is 4.70. The van der Waals surface area contributed by atoms with Gasteiger partial charge in [0.1, 0.15) is 16.7 Å². The van der Waals surface area contributed by atoms with Crippen molar-refractivity contribution in [3.63, 3.8) is 0 Å². The van der Waals surface area contributed by atoms with Crippen molar-refractivity contribution in [2.45, 2.75) is 17.7 Å². The first kappa shape index (κ1) is 17.3. The second-order valence-corrected chi connectivity index (χ2v) is 7.75. The van der Waals surface area contributed by atoms with E-state index in [1.54, 1.807) is 4.90 Å². The summed E-state index contributed by atoms with van der Waals surface area (Å²) in [4.78, 5) is 16.7. The number of hydrogen-bond acceptors (Lipinski definition) is 4. The first-order valence-corrected chi connectivity index (χ1v) is 9.47. The van der Waals surface area contributed by atoms with Gasteiger partial charge in [-0.25, -0.2) is 8.42 Å². The fraction of sp³-hybridized carbons (Fsp3) is 0.250. The van der Waals surface area contributed by atoms with Crippen molar-refractivity contribution in [1.29, 1.82) is 5.26 Å². The first-order valence-electron chi connectivity index (χ1n) is 7.61. The summed E-state index contributed by atoms with van der Waals surface area (Å²) < 4.78 is 27.3. The summed E-state index contributed by atoms with van der Waals surface area (Å²) in [5, 5.41) is 9.21. The first-order chi connectivity index (χ1) is 11.9. The summed E-state index contributed by atoms with van der Waals surface area (Å²) in [6.45, 7) is 1.36. The van der Waals surface area contributed by atoms with Crippen LogP contribution in [0.3, 0.4) is 0 Å². The van der Waals surface area contributed by atoms with E-state index in [-0.39, 0.29) is 32.8 Å². The Hall–Kier alpha value is -2.50. The Morgan fingerprint density at radius 2 is 2.00 bits per heavy atom. The number of aromatic amines is 1. The predicted octanol–water partition coefficient (Wildman–Crippen LogP) is 2.58. The van der Waals surface area contributed by atoms with Crippen LogP contribution in [0.2, 0.25) is 5.02 Å². The predicted molar refractivity (Wildman–Crippen MR) is 92.9 cm³/mol. The van der Waals surface area contributed by atoms with E-state index < -0.39 is 10.0 Å². The summed E-state index contributed by atoms with van der Waals surface area (Å²) in [7, 11) is -3.89. The van der Waals surface area contributed by atoms with Gasteiger partial charge in [0, 0.05) is 19.3 Å². The lowest BCUT2D eigenvalue weighted by Crippen LogP contribution is -2.27. The standard InChI is InChI=1S/C16H15ClN4O3S/c17-14-4-3-12(7-11(14)9-18)20-25(23,24)13-8-15(19-10-13)16(22)21-5-1-2-6-21/h3-4,7-8,10,19-20H,1-2,5-6H2. The SMILES string of the molecule is N#Cc1cc(NS(=O)(=O)c2c[nH]c(C(=O)N3CCCC3)c2)ccc1Cl. The molecule has 0 atom stereocenters. The number of nitriles is 1. The monoisotopic (exact) mass is 378 g/mol. The van der Waals surface area contributed by atoms with Crippen LogP contribution in [0.1, 0.15) is 28.9 Å². The molecule has 2 N–H and O–H groups in total. The zero-order valence-corrected chi connectivity index (χ0v) is 14.7. The van der Waals surface area contributed by atoms with Crippen molar-refractivity contribution < 1.29 is 13.2 Å². The molecule has 130 valence electrons. The lowest BCUT2D eigenvalue weighted by Gasteiger charge is -2.13. The Bertz CT molecular complexity index is 956. The van der Waals surface area contributed by atoms with Gasteiger partial charge in [0.2, 0.25) is 0 Å². The van der Waals surface area contributed by atoms with Crippen LogP contribution in [0.15, 0.2) is 35.4 Å². The highest BCUT2D eigenvalue weighted by Crippen LogP contribution is 2.23. The van der Waals surface area contributed by atoms with E-state index in [4.69, 9.17) is 16.9 Å². The number of benzene rings is 1. The summed E-state index contributed by atoms with van der Waals surface area (Å²) >= 11 is 5.84. The molecule has 7 nitrogen and oxygen atoms in total. The number of sulfonamides is 1. The number of hydrogen-bond donors (Lipinski definition) is 2. The third-order valence-corrected chi connectivity index (χ3v) is 5.62. The van der Waals surface area contributed by atoms with E-state index in [2.05, 4.69) is 9.71 Å². The van der Waals surface area contributed by atoms with Crippen LogP contribution in [-0.2, 0) is 10.0 Å². The average molecular weight is 379 g/mol. The van der Waals surface area contributed by atoms with Gasteiger partial charge in [0.25, 0.3) is 15.9 Å². The second kappa shape index (κ2) is 6.78. The largest absolute Gasteiger partial charge is 0.356 e. The molecule has 1 aliphatic heterocycles. The number of rotatable bonds is 4. The average Bonchev–Trinajstić information content (AvgIpc) is 3.27. The van der Waals surface area contributed by atoms with Crippen LogP contribution in [0.4, 0.5) is 5.69 Å². The Morgan fingerprint density at radius 3 is 2.68 bits per heavy atom. The molecule has 0 spiro atoms. The summed E-state index contributed by atoms with van der Waals surface area (Å²) in [6, 6.07) is 7.45. The zero-order chi connectivity index (χ0) is 18.0. The van der Waals surface area contributed by atoms with Crippen LogP contribution < -0.4 is 4.72 Å². The van der Waals surface area contributed by atoms with Gasteiger partial charge in [-0.3, -0.25) is 9.52 Å². The molecular formula is C16H15ClN4O3S. The molecule has 0 radical (unpaired) electrons. The van der Waals surface area contributed by atoms with Crippen molar-refractivity contribution in [2.75, 3.05) is 17.8 Å². The van der Waals surface area contributed by atoms with Crippen LogP contribution in [-0.4, -0.2) is 37.3 Å². The molecule has 2 aromatic rings. The van der Waals surface area contributed by atoms with Crippen molar-refractivity contribution in [1.82, 2.24) is 9.88 Å². The topological polar surface area (TPSA) is 106 Å². The number of nitrogens with zero attached hydrogens (tertiary/aromatic N) is 2. The van der Waals surface area contributed by atoms with Crippen molar-refractivity contribution in [3.8, 4) is 6.07 Å². The lowest BCUT2D eigenvalue weighted by atomic mass is 10.2. The lowest BCUT2D eigenvalue weighted by molar-refractivity contribution is 0.0787. The van der Waals surface area contributed by atoms with Crippen molar-refractivity contribution in [2.24, 2.45) is 0 Å². The molecule has 1 fully saturated rings. The van der Waals surface area contributed by atoms with Crippen LogP contribution in [0, 0.1) is 11.3 Å². The second-order valence-electron chi connectivity index (χ2n) is 5.66. The molecule has 3 rings (SSSR count). The summed E-state index contributed by atoms with van der Waals surface area (Å²) in [6.07, 6.45) is 3.18. The maximum Gasteiger partial charge on any atom is 0.270 e. The van der Waals surface area contributed by atoms with E-state index in [1.807, 2.05) is 6.07 Å². The van der Waals surface area contributed by atoms with Gasteiger partial charge in [-0.1, -0.05) is 11.6 Å². The molecule has 1 aliphatic rings.